The molecule has 2 amide bonds. The molecule has 1 saturated carbocycles. The van der Waals surface area contributed by atoms with Crippen LogP contribution in [0.2, 0.25) is 0 Å². The summed E-state index contributed by atoms with van der Waals surface area (Å²) in [6, 6.07) is -1.41. The number of carbonyl (C=O) groups is 2. The maximum atomic E-state index is 11.7. The molecule has 104 valence electrons. The summed E-state index contributed by atoms with van der Waals surface area (Å²) in [6.45, 7) is 3.51. The minimum Gasteiger partial charge on any atom is -0.480 e. The van der Waals surface area contributed by atoms with Crippen molar-refractivity contribution < 1.29 is 14.7 Å². The van der Waals surface area contributed by atoms with E-state index < -0.39 is 18.0 Å². The first-order chi connectivity index (χ1) is 8.41. The molecular formula is C12H23N3O3. The van der Waals surface area contributed by atoms with E-state index in [1.807, 2.05) is 0 Å². The third kappa shape index (κ3) is 4.18. The van der Waals surface area contributed by atoms with Crippen molar-refractivity contribution in [3.8, 4) is 0 Å². The Morgan fingerprint density at radius 2 is 1.89 bits per heavy atom. The lowest BCUT2D eigenvalue weighted by Crippen LogP contribution is -2.55. The minimum absolute atomic E-state index is 0.0353. The molecule has 5 N–H and O–H groups in total. The average Bonchev–Trinajstić information content (AvgIpc) is 2.28. The van der Waals surface area contributed by atoms with Gasteiger partial charge in [0.2, 0.25) is 0 Å². The van der Waals surface area contributed by atoms with Gasteiger partial charge in [-0.15, -0.1) is 0 Å². The molecule has 1 fully saturated rings. The largest absolute Gasteiger partial charge is 0.480 e. The Kier molecular flexibility index (Phi) is 5.40. The minimum atomic E-state index is -1.02. The molecule has 1 rings (SSSR count). The number of hydrogen-bond acceptors (Lipinski definition) is 3. The zero-order chi connectivity index (χ0) is 13.7. The van der Waals surface area contributed by atoms with Crippen LogP contribution in [0.3, 0.4) is 0 Å². The predicted octanol–water partition coefficient (Wildman–Crippen LogP) is 0.665. The van der Waals surface area contributed by atoms with Crippen LogP contribution in [0.5, 0.6) is 0 Å². The third-order valence-corrected chi connectivity index (χ3v) is 3.36. The maximum Gasteiger partial charge on any atom is 0.326 e. The molecule has 18 heavy (non-hydrogen) atoms. The van der Waals surface area contributed by atoms with Gasteiger partial charge in [-0.05, 0) is 18.8 Å². The Morgan fingerprint density at radius 3 is 2.39 bits per heavy atom. The molecule has 6 heteroatoms. The Bertz CT molecular complexity index is 307. The summed E-state index contributed by atoms with van der Waals surface area (Å²) in [5, 5.41) is 14.2. The monoisotopic (exact) mass is 257 g/mol. The van der Waals surface area contributed by atoms with Gasteiger partial charge in [-0.1, -0.05) is 26.7 Å². The van der Waals surface area contributed by atoms with Crippen molar-refractivity contribution >= 4 is 12.0 Å². The summed E-state index contributed by atoms with van der Waals surface area (Å²) in [7, 11) is 0. The molecule has 0 saturated heterocycles. The topological polar surface area (TPSA) is 104 Å². The molecular weight excluding hydrogens is 234 g/mol. The summed E-state index contributed by atoms with van der Waals surface area (Å²) in [5.41, 5.74) is 5.92. The van der Waals surface area contributed by atoms with Gasteiger partial charge in [-0.2, -0.15) is 0 Å². The predicted molar refractivity (Wildman–Crippen MR) is 68.2 cm³/mol. The highest BCUT2D eigenvalue weighted by atomic mass is 16.4. The first kappa shape index (κ1) is 14.8. The lowest BCUT2D eigenvalue weighted by Gasteiger charge is -2.30. The smallest absolute Gasteiger partial charge is 0.326 e. The molecule has 0 aromatic heterocycles. The Labute approximate surface area is 107 Å². The zero-order valence-electron chi connectivity index (χ0n) is 11.0. The Balaban J connectivity index is 2.47. The van der Waals surface area contributed by atoms with E-state index >= 15 is 0 Å². The van der Waals surface area contributed by atoms with Crippen molar-refractivity contribution in [2.24, 2.45) is 11.7 Å². The molecule has 0 heterocycles. The third-order valence-electron chi connectivity index (χ3n) is 3.36. The Morgan fingerprint density at radius 1 is 1.28 bits per heavy atom. The molecule has 0 aliphatic heterocycles. The van der Waals surface area contributed by atoms with E-state index in [0.717, 1.165) is 25.7 Å². The van der Waals surface area contributed by atoms with Crippen LogP contribution in [0.4, 0.5) is 4.79 Å². The van der Waals surface area contributed by atoms with E-state index in [4.69, 9.17) is 10.8 Å². The maximum absolute atomic E-state index is 11.7. The van der Waals surface area contributed by atoms with Crippen molar-refractivity contribution in [1.82, 2.24) is 10.6 Å². The highest BCUT2D eigenvalue weighted by Gasteiger charge is 2.27. The number of nitrogens with two attached hydrogens (primary N) is 1. The van der Waals surface area contributed by atoms with Crippen LogP contribution in [0, 0.1) is 5.92 Å². The Hall–Kier alpha value is -1.30. The summed E-state index contributed by atoms with van der Waals surface area (Å²) in [6.07, 6.45) is 3.89. The second kappa shape index (κ2) is 6.58. The number of nitrogens with one attached hydrogen (secondary N) is 2. The van der Waals surface area contributed by atoms with Crippen molar-refractivity contribution in [1.29, 1.82) is 0 Å². The van der Waals surface area contributed by atoms with Gasteiger partial charge in [-0.25, -0.2) is 9.59 Å². The summed E-state index contributed by atoms with van der Waals surface area (Å²) in [5.74, 6) is -1.18. The molecule has 0 spiro atoms. The van der Waals surface area contributed by atoms with Crippen molar-refractivity contribution in [2.75, 3.05) is 0 Å². The fraction of sp³-hybridized carbons (Fsp3) is 0.833. The average molecular weight is 257 g/mol. The number of rotatable bonds is 4. The fourth-order valence-electron chi connectivity index (χ4n) is 2.20. The molecule has 0 aromatic rings. The molecule has 3 atom stereocenters. The van der Waals surface area contributed by atoms with Crippen molar-refractivity contribution in [2.45, 2.75) is 57.7 Å². The van der Waals surface area contributed by atoms with E-state index in [-0.39, 0.29) is 18.0 Å². The number of hydrogen-bond donors (Lipinski definition) is 4. The summed E-state index contributed by atoms with van der Waals surface area (Å²) >= 11 is 0. The number of carbonyl (C=O) groups excluding carboxylic acids is 1. The fourth-order valence-corrected chi connectivity index (χ4v) is 2.20. The summed E-state index contributed by atoms with van der Waals surface area (Å²) in [4.78, 5) is 22.7. The van der Waals surface area contributed by atoms with E-state index in [2.05, 4.69) is 10.6 Å². The standard InChI is InChI=1S/C12H23N3O3/c1-7(2)10(11(16)17)15-12(18)14-9-6-4-3-5-8(9)13/h7-10H,3-6,13H2,1-2H3,(H,16,17)(H2,14,15,18)/t8?,9?,10-/m1/s1. The SMILES string of the molecule is CC(C)[C@@H](NC(=O)NC1CCCCC1N)C(=O)O. The molecule has 0 bridgehead atoms. The highest BCUT2D eigenvalue weighted by Crippen LogP contribution is 2.16. The van der Waals surface area contributed by atoms with Gasteiger partial charge in [0.15, 0.2) is 0 Å². The van der Waals surface area contributed by atoms with Gasteiger partial charge in [0.05, 0.1) is 0 Å². The van der Waals surface area contributed by atoms with Crippen molar-refractivity contribution in [3.05, 3.63) is 0 Å². The van der Waals surface area contributed by atoms with Gasteiger partial charge >= 0.3 is 12.0 Å². The van der Waals surface area contributed by atoms with Crippen LogP contribution in [0.15, 0.2) is 0 Å². The number of urea groups is 1. The second-order valence-electron chi connectivity index (χ2n) is 5.23. The lowest BCUT2D eigenvalue weighted by molar-refractivity contribution is -0.140. The molecule has 0 aromatic carbocycles. The van der Waals surface area contributed by atoms with Gasteiger partial charge in [0.25, 0.3) is 0 Å². The van der Waals surface area contributed by atoms with Crippen LogP contribution in [0.1, 0.15) is 39.5 Å². The van der Waals surface area contributed by atoms with Gasteiger partial charge in [-0.3, -0.25) is 0 Å². The van der Waals surface area contributed by atoms with Crippen LogP contribution in [-0.4, -0.2) is 35.2 Å². The van der Waals surface area contributed by atoms with Crippen LogP contribution < -0.4 is 16.4 Å². The summed E-state index contributed by atoms with van der Waals surface area (Å²) < 4.78 is 0. The number of aliphatic carboxylic acids is 1. The van der Waals surface area contributed by atoms with Gasteiger partial charge < -0.3 is 21.5 Å². The first-order valence-corrected chi connectivity index (χ1v) is 6.47. The lowest BCUT2D eigenvalue weighted by atomic mass is 9.91. The number of carboxylic acid groups (broad SMARTS) is 1. The van der Waals surface area contributed by atoms with E-state index in [1.165, 1.54) is 0 Å². The van der Waals surface area contributed by atoms with Crippen LogP contribution in [0.25, 0.3) is 0 Å². The molecule has 6 nitrogen and oxygen atoms in total. The molecule has 1 aliphatic carbocycles. The van der Waals surface area contributed by atoms with Crippen LogP contribution >= 0.6 is 0 Å². The van der Waals surface area contributed by atoms with Gasteiger partial charge in [0, 0.05) is 12.1 Å². The first-order valence-electron chi connectivity index (χ1n) is 6.47. The molecule has 2 unspecified atom stereocenters. The van der Waals surface area contributed by atoms with E-state index in [9.17, 15) is 9.59 Å². The number of amides is 2. The van der Waals surface area contributed by atoms with Crippen molar-refractivity contribution in [3.63, 3.8) is 0 Å². The molecule has 1 aliphatic rings. The van der Waals surface area contributed by atoms with Crippen LogP contribution in [-0.2, 0) is 4.79 Å². The normalized spacial score (nSPS) is 25.6. The van der Waals surface area contributed by atoms with E-state index in [0.29, 0.717) is 0 Å². The van der Waals surface area contributed by atoms with E-state index in [1.54, 1.807) is 13.8 Å². The second-order valence-corrected chi connectivity index (χ2v) is 5.23. The quantitative estimate of drug-likeness (QED) is 0.594. The molecule has 0 radical (unpaired) electrons. The van der Waals surface area contributed by atoms with Gasteiger partial charge in [0.1, 0.15) is 6.04 Å². The number of carboxylic acids is 1. The highest BCUT2D eigenvalue weighted by molar-refractivity contribution is 5.82. The zero-order valence-corrected chi connectivity index (χ0v) is 11.0.